The van der Waals surface area contributed by atoms with E-state index >= 15 is 0 Å². The van der Waals surface area contributed by atoms with Crippen molar-refractivity contribution in [3.8, 4) is 5.75 Å². The Morgan fingerprint density at radius 1 is 1.32 bits per heavy atom. The van der Waals surface area contributed by atoms with Crippen molar-refractivity contribution in [3.63, 3.8) is 0 Å². The summed E-state index contributed by atoms with van der Waals surface area (Å²) in [5, 5.41) is 2.84. The topological polar surface area (TPSA) is 103 Å². The van der Waals surface area contributed by atoms with Gasteiger partial charge in [0.05, 0.1) is 30.3 Å². The summed E-state index contributed by atoms with van der Waals surface area (Å²) in [5.41, 5.74) is 12.0. The van der Waals surface area contributed by atoms with Crippen LogP contribution in [0.1, 0.15) is 12.0 Å². The van der Waals surface area contributed by atoms with Gasteiger partial charge >= 0.3 is 6.36 Å². The summed E-state index contributed by atoms with van der Waals surface area (Å²) in [4.78, 5) is 14.1. The number of likely N-dealkylation sites (tertiary alicyclic amines) is 1. The number of amides is 1. The van der Waals surface area contributed by atoms with E-state index in [1.807, 2.05) is 0 Å². The quantitative estimate of drug-likeness (QED) is 0.493. The minimum Gasteiger partial charge on any atom is -0.406 e. The molecule has 1 aromatic carbocycles. The van der Waals surface area contributed by atoms with Crippen LogP contribution in [-0.2, 0) is 16.1 Å². The molecule has 3 rings (SSSR count). The van der Waals surface area contributed by atoms with Gasteiger partial charge in [0.1, 0.15) is 5.75 Å². The van der Waals surface area contributed by atoms with Crippen LogP contribution >= 0.6 is 0 Å². The molecule has 28 heavy (non-hydrogen) atoms. The zero-order chi connectivity index (χ0) is 20.4. The average molecular weight is 398 g/mol. The number of carbonyl (C=O) groups excluding carboxylic acids is 1. The monoisotopic (exact) mass is 398 g/mol. The maximum absolute atomic E-state index is 12.4. The van der Waals surface area contributed by atoms with Gasteiger partial charge in [0.15, 0.2) is 0 Å². The standard InChI is InChI=1S/C18H21F3N4O3/c19-18(20,21)28-13-3-1-2-12(8-13)9-24-15(23)5-4-14(22)16(26)25-7-6-17(25)10-27-11-17/h1-5,8,24H,6-7,9-11,22-23H2/b14-4-,15-5+. The molecule has 2 saturated heterocycles. The molecule has 0 atom stereocenters. The molecule has 0 unspecified atom stereocenters. The minimum atomic E-state index is -4.75. The third-order valence-electron chi connectivity index (χ3n) is 4.68. The third-order valence-corrected chi connectivity index (χ3v) is 4.68. The Bertz CT molecular complexity index is 798. The molecule has 1 aromatic rings. The van der Waals surface area contributed by atoms with E-state index in [2.05, 4.69) is 10.1 Å². The fraction of sp³-hybridized carbons (Fsp3) is 0.389. The summed E-state index contributed by atoms with van der Waals surface area (Å²) in [7, 11) is 0. The Morgan fingerprint density at radius 3 is 2.64 bits per heavy atom. The second-order valence-electron chi connectivity index (χ2n) is 6.72. The number of nitrogens with two attached hydrogens (primary N) is 2. The van der Waals surface area contributed by atoms with Gasteiger partial charge in [-0.25, -0.2) is 0 Å². The van der Waals surface area contributed by atoms with E-state index in [9.17, 15) is 18.0 Å². The Labute approximate surface area is 159 Å². The summed E-state index contributed by atoms with van der Waals surface area (Å²) in [5.74, 6) is -0.369. The van der Waals surface area contributed by atoms with Crippen LogP contribution in [0.15, 0.2) is 47.9 Å². The van der Waals surface area contributed by atoms with Gasteiger partial charge in [0.2, 0.25) is 0 Å². The van der Waals surface area contributed by atoms with E-state index in [0.29, 0.717) is 25.3 Å². The SMILES string of the molecule is N/C(=C\C=C(/N)NCc1cccc(OC(F)(F)F)c1)C(=O)N1CCC12COC2. The molecule has 2 aliphatic rings. The molecule has 0 aromatic heterocycles. The average Bonchev–Trinajstić information content (AvgIpc) is 2.54. The predicted molar refractivity (Wildman–Crippen MR) is 94.4 cm³/mol. The van der Waals surface area contributed by atoms with E-state index in [0.717, 1.165) is 6.42 Å². The first-order valence-electron chi connectivity index (χ1n) is 8.60. The zero-order valence-electron chi connectivity index (χ0n) is 15.0. The van der Waals surface area contributed by atoms with Crippen LogP contribution < -0.4 is 21.5 Å². The van der Waals surface area contributed by atoms with Crippen molar-refractivity contribution >= 4 is 5.91 Å². The number of carbonyl (C=O) groups is 1. The van der Waals surface area contributed by atoms with Crippen LogP contribution in [0.3, 0.4) is 0 Å². The highest BCUT2D eigenvalue weighted by Crippen LogP contribution is 2.37. The first kappa shape index (κ1) is 19.9. The Kier molecular flexibility index (Phi) is 5.41. The molecule has 0 aliphatic carbocycles. The van der Waals surface area contributed by atoms with Crippen molar-refractivity contribution in [1.29, 1.82) is 0 Å². The molecule has 7 nitrogen and oxygen atoms in total. The molecule has 10 heteroatoms. The second kappa shape index (κ2) is 7.63. The number of ether oxygens (including phenoxy) is 2. The highest BCUT2D eigenvalue weighted by atomic mass is 19.4. The van der Waals surface area contributed by atoms with Crippen molar-refractivity contribution in [1.82, 2.24) is 10.2 Å². The molecule has 0 saturated carbocycles. The molecule has 5 N–H and O–H groups in total. The second-order valence-corrected chi connectivity index (χ2v) is 6.72. The van der Waals surface area contributed by atoms with Gasteiger partial charge in [-0.2, -0.15) is 0 Å². The molecular formula is C18H21F3N4O3. The van der Waals surface area contributed by atoms with Crippen LogP contribution in [-0.4, -0.2) is 42.5 Å². The normalized spacial score (nSPS) is 19.0. The molecule has 152 valence electrons. The summed E-state index contributed by atoms with van der Waals surface area (Å²) in [6.45, 7) is 1.88. The lowest BCUT2D eigenvalue weighted by molar-refractivity contribution is -0.274. The third kappa shape index (κ3) is 4.50. The molecule has 0 bridgehead atoms. The van der Waals surface area contributed by atoms with E-state index in [-0.39, 0.29) is 35.3 Å². The van der Waals surface area contributed by atoms with E-state index in [4.69, 9.17) is 16.2 Å². The summed E-state index contributed by atoms with van der Waals surface area (Å²) in [6.07, 6.45) is -1.00. The van der Waals surface area contributed by atoms with Gasteiger partial charge in [0.25, 0.3) is 5.91 Å². The number of halogens is 3. The van der Waals surface area contributed by atoms with Crippen molar-refractivity contribution in [2.75, 3.05) is 19.8 Å². The Hall–Kier alpha value is -2.88. The van der Waals surface area contributed by atoms with Crippen LogP contribution in [0.5, 0.6) is 5.75 Å². The van der Waals surface area contributed by atoms with Gasteiger partial charge in [-0.15, -0.1) is 13.2 Å². The summed E-state index contributed by atoms with van der Waals surface area (Å²) < 4.78 is 45.9. The number of allylic oxidation sites excluding steroid dienone is 2. The van der Waals surface area contributed by atoms with Gasteiger partial charge in [-0.05, 0) is 36.3 Å². The van der Waals surface area contributed by atoms with E-state index in [1.165, 1.54) is 30.4 Å². The predicted octanol–water partition coefficient (Wildman–Crippen LogP) is 1.32. The number of alkyl halides is 3. The molecular weight excluding hydrogens is 377 g/mol. The fourth-order valence-electron chi connectivity index (χ4n) is 3.02. The highest BCUT2D eigenvalue weighted by Gasteiger charge is 2.53. The van der Waals surface area contributed by atoms with E-state index in [1.54, 1.807) is 11.0 Å². The van der Waals surface area contributed by atoms with Crippen molar-refractivity contribution in [2.45, 2.75) is 24.9 Å². The van der Waals surface area contributed by atoms with Crippen molar-refractivity contribution in [2.24, 2.45) is 11.5 Å². The fourth-order valence-corrected chi connectivity index (χ4v) is 3.02. The molecule has 2 fully saturated rings. The summed E-state index contributed by atoms with van der Waals surface area (Å²) in [6, 6.07) is 5.54. The maximum atomic E-state index is 12.4. The van der Waals surface area contributed by atoms with Crippen LogP contribution in [0.2, 0.25) is 0 Å². The maximum Gasteiger partial charge on any atom is 0.573 e. The van der Waals surface area contributed by atoms with Crippen molar-refractivity contribution in [3.05, 3.63) is 53.5 Å². The molecule has 1 spiro atoms. The lowest BCUT2D eigenvalue weighted by Crippen LogP contribution is -2.72. The van der Waals surface area contributed by atoms with Crippen LogP contribution in [0.4, 0.5) is 13.2 Å². The Balaban J connectivity index is 1.53. The first-order chi connectivity index (χ1) is 13.2. The number of benzene rings is 1. The number of rotatable bonds is 6. The molecule has 1 amide bonds. The lowest BCUT2D eigenvalue weighted by Gasteiger charge is -2.57. The highest BCUT2D eigenvalue weighted by molar-refractivity contribution is 5.94. The lowest BCUT2D eigenvalue weighted by atomic mass is 9.82. The van der Waals surface area contributed by atoms with Gasteiger partial charge < -0.3 is 31.2 Å². The number of nitrogens with one attached hydrogen (secondary N) is 1. The van der Waals surface area contributed by atoms with Crippen LogP contribution in [0, 0.1) is 0 Å². The van der Waals surface area contributed by atoms with Gasteiger partial charge in [-0.3, -0.25) is 4.79 Å². The van der Waals surface area contributed by atoms with Gasteiger partial charge in [0, 0.05) is 13.1 Å². The smallest absolute Gasteiger partial charge is 0.406 e. The molecule has 2 aliphatic heterocycles. The molecule has 0 radical (unpaired) electrons. The zero-order valence-corrected chi connectivity index (χ0v) is 15.0. The minimum absolute atomic E-state index is 0.0521. The van der Waals surface area contributed by atoms with Gasteiger partial charge in [-0.1, -0.05) is 12.1 Å². The van der Waals surface area contributed by atoms with E-state index < -0.39 is 6.36 Å². The number of hydrogen-bond donors (Lipinski definition) is 3. The first-order valence-corrected chi connectivity index (χ1v) is 8.60. The number of hydrogen-bond acceptors (Lipinski definition) is 6. The number of nitrogens with zero attached hydrogens (tertiary/aromatic N) is 1. The summed E-state index contributed by atoms with van der Waals surface area (Å²) >= 11 is 0. The van der Waals surface area contributed by atoms with Crippen molar-refractivity contribution < 1.29 is 27.4 Å². The largest absolute Gasteiger partial charge is 0.573 e. The van der Waals surface area contributed by atoms with Crippen LogP contribution in [0.25, 0.3) is 0 Å². The Morgan fingerprint density at radius 2 is 2.07 bits per heavy atom. The molecule has 2 heterocycles.